The summed E-state index contributed by atoms with van der Waals surface area (Å²) >= 11 is 0. The van der Waals surface area contributed by atoms with Gasteiger partial charge in [0.15, 0.2) is 0 Å². The van der Waals surface area contributed by atoms with Gasteiger partial charge in [0.25, 0.3) is 0 Å². The Labute approximate surface area is 119 Å². The summed E-state index contributed by atoms with van der Waals surface area (Å²) in [5.41, 5.74) is 1.32. The predicted molar refractivity (Wildman–Crippen MR) is 82.5 cm³/mol. The fourth-order valence-electron chi connectivity index (χ4n) is 2.49. The van der Waals surface area contributed by atoms with Crippen LogP contribution in [-0.2, 0) is 6.42 Å². The van der Waals surface area contributed by atoms with Crippen molar-refractivity contribution >= 4 is 0 Å². The smallest absolute Gasteiger partial charge is 0.0935 e. The lowest BCUT2D eigenvalue weighted by molar-refractivity contribution is 0.448. The lowest BCUT2D eigenvalue weighted by Crippen LogP contribution is -2.31. The van der Waals surface area contributed by atoms with Gasteiger partial charge in [0, 0.05) is 6.04 Å². The molecule has 1 aromatic rings. The Balaban J connectivity index is 2.17. The number of hydrogen-bond donors (Lipinski definition) is 1. The van der Waals surface area contributed by atoms with Crippen molar-refractivity contribution in [3.8, 4) is 0 Å². The van der Waals surface area contributed by atoms with Crippen LogP contribution in [0.4, 0.5) is 0 Å². The van der Waals surface area contributed by atoms with Crippen molar-refractivity contribution in [2.75, 3.05) is 6.54 Å². The highest BCUT2D eigenvalue weighted by Crippen LogP contribution is 2.12. The van der Waals surface area contributed by atoms with Crippen LogP contribution < -0.4 is 5.32 Å². The molecule has 1 unspecified atom stereocenters. The van der Waals surface area contributed by atoms with Crippen molar-refractivity contribution in [1.82, 2.24) is 5.32 Å². The first-order chi connectivity index (χ1) is 9.36. The minimum atomic E-state index is 0.615. The van der Waals surface area contributed by atoms with Crippen LogP contribution in [0.1, 0.15) is 70.8 Å². The highest BCUT2D eigenvalue weighted by atomic mass is 16.3. The zero-order valence-corrected chi connectivity index (χ0v) is 12.8. The monoisotopic (exact) mass is 265 g/mol. The zero-order chi connectivity index (χ0) is 13.8. The van der Waals surface area contributed by atoms with Crippen LogP contribution in [0.3, 0.4) is 0 Å². The van der Waals surface area contributed by atoms with Gasteiger partial charge in [-0.3, -0.25) is 0 Å². The summed E-state index contributed by atoms with van der Waals surface area (Å²) in [4.78, 5) is 0. The fraction of sp³-hybridized carbons (Fsp3) is 0.765. The van der Waals surface area contributed by atoms with Crippen LogP contribution in [0.25, 0.3) is 0 Å². The van der Waals surface area contributed by atoms with E-state index in [1.807, 2.05) is 6.26 Å². The molecule has 0 radical (unpaired) electrons. The van der Waals surface area contributed by atoms with E-state index in [9.17, 15) is 0 Å². The summed E-state index contributed by atoms with van der Waals surface area (Å²) in [6.45, 7) is 5.63. The van der Waals surface area contributed by atoms with Gasteiger partial charge in [0.05, 0.1) is 12.5 Å². The maximum Gasteiger partial charge on any atom is 0.0935 e. The van der Waals surface area contributed by atoms with Crippen molar-refractivity contribution in [2.24, 2.45) is 0 Å². The molecule has 1 heterocycles. The quantitative estimate of drug-likeness (QED) is 0.541. The molecule has 1 N–H and O–H groups in total. The number of furan rings is 1. The molecular formula is C17H31NO. The molecule has 0 saturated heterocycles. The highest BCUT2D eigenvalue weighted by molar-refractivity contribution is 5.07. The van der Waals surface area contributed by atoms with E-state index < -0.39 is 0 Å². The standard InChI is InChI=1S/C17H31NO/c1-3-5-6-7-8-9-10-17(18-12-4-2)14-16-11-13-19-15-16/h11,13,15,17-18H,3-10,12,14H2,1-2H3. The summed E-state index contributed by atoms with van der Waals surface area (Å²) in [5.74, 6) is 0. The zero-order valence-electron chi connectivity index (χ0n) is 12.8. The molecule has 2 nitrogen and oxygen atoms in total. The van der Waals surface area contributed by atoms with E-state index in [1.54, 1.807) is 6.26 Å². The second-order valence-electron chi connectivity index (χ2n) is 5.54. The SMILES string of the molecule is CCCCCCCCC(Cc1ccoc1)NCCC. The van der Waals surface area contributed by atoms with Crippen molar-refractivity contribution in [3.05, 3.63) is 24.2 Å². The van der Waals surface area contributed by atoms with Gasteiger partial charge in [-0.2, -0.15) is 0 Å². The van der Waals surface area contributed by atoms with Gasteiger partial charge in [-0.05, 0) is 37.4 Å². The van der Waals surface area contributed by atoms with E-state index in [0.29, 0.717) is 6.04 Å². The molecule has 0 bridgehead atoms. The van der Waals surface area contributed by atoms with Gasteiger partial charge < -0.3 is 9.73 Å². The minimum Gasteiger partial charge on any atom is -0.472 e. The molecule has 19 heavy (non-hydrogen) atoms. The lowest BCUT2D eigenvalue weighted by atomic mass is 10.0. The number of rotatable bonds is 12. The van der Waals surface area contributed by atoms with Crippen molar-refractivity contribution in [2.45, 2.75) is 77.7 Å². The normalized spacial score (nSPS) is 12.7. The molecule has 0 fully saturated rings. The molecule has 1 atom stereocenters. The predicted octanol–water partition coefficient (Wildman–Crippen LogP) is 4.94. The third-order valence-corrected chi connectivity index (χ3v) is 3.65. The van der Waals surface area contributed by atoms with Crippen LogP contribution in [0, 0.1) is 0 Å². The molecule has 0 aromatic carbocycles. The first-order valence-electron chi connectivity index (χ1n) is 8.11. The number of unbranched alkanes of at least 4 members (excludes halogenated alkanes) is 5. The molecule has 1 aromatic heterocycles. The minimum absolute atomic E-state index is 0.615. The molecule has 110 valence electrons. The van der Waals surface area contributed by atoms with E-state index in [-0.39, 0.29) is 0 Å². The second kappa shape index (κ2) is 11.1. The van der Waals surface area contributed by atoms with E-state index in [0.717, 1.165) is 13.0 Å². The third-order valence-electron chi connectivity index (χ3n) is 3.65. The molecule has 0 amide bonds. The van der Waals surface area contributed by atoms with Gasteiger partial charge in [-0.15, -0.1) is 0 Å². The molecule has 2 heteroatoms. The highest BCUT2D eigenvalue weighted by Gasteiger charge is 2.09. The Morgan fingerprint density at radius 3 is 2.53 bits per heavy atom. The lowest BCUT2D eigenvalue weighted by Gasteiger charge is -2.17. The van der Waals surface area contributed by atoms with Crippen LogP contribution >= 0.6 is 0 Å². The van der Waals surface area contributed by atoms with E-state index in [4.69, 9.17) is 4.42 Å². The van der Waals surface area contributed by atoms with Gasteiger partial charge in [-0.25, -0.2) is 0 Å². The van der Waals surface area contributed by atoms with Crippen LogP contribution in [0.15, 0.2) is 23.0 Å². The summed E-state index contributed by atoms with van der Waals surface area (Å²) in [7, 11) is 0. The number of nitrogens with one attached hydrogen (secondary N) is 1. The average Bonchev–Trinajstić information content (AvgIpc) is 2.92. The van der Waals surface area contributed by atoms with E-state index >= 15 is 0 Å². The Kier molecular flexibility index (Phi) is 9.52. The molecule has 0 aliphatic carbocycles. The summed E-state index contributed by atoms with van der Waals surface area (Å²) in [5, 5.41) is 3.67. The Bertz CT molecular complexity index is 281. The molecule has 0 saturated carbocycles. The fourth-order valence-corrected chi connectivity index (χ4v) is 2.49. The largest absolute Gasteiger partial charge is 0.472 e. The van der Waals surface area contributed by atoms with Crippen molar-refractivity contribution in [3.63, 3.8) is 0 Å². The first kappa shape index (κ1) is 16.3. The first-order valence-corrected chi connectivity index (χ1v) is 8.11. The third kappa shape index (κ3) is 8.10. The Morgan fingerprint density at radius 1 is 1.05 bits per heavy atom. The summed E-state index contributed by atoms with van der Waals surface area (Å²) < 4.78 is 5.16. The summed E-state index contributed by atoms with van der Waals surface area (Å²) in [6.07, 6.45) is 15.5. The van der Waals surface area contributed by atoms with E-state index in [1.165, 1.54) is 56.9 Å². The molecule has 0 spiro atoms. The molecule has 1 rings (SSSR count). The Hall–Kier alpha value is -0.760. The topological polar surface area (TPSA) is 25.2 Å². The van der Waals surface area contributed by atoms with Gasteiger partial charge in [0.2, 0.25) is 0 Å². The van der Waals surface area contributed by atoms with E-state index in [2.05, 4.69) is 25.2 Å². The van der Waals surface area contributed by atoms with Gasteiger partial charge in [0.1, 0.15) is 0 Å². The van der Waals surface area contributed by atoms with Crippen LogP contribution in [-0.4, -0.2) is 12.6 Å². The molecule has 0 aliphatic rings. The number of hydrogen-bond acceptors (Lipinski definition) is 2. The maximum absolute atomic E-state index is 5.16. The van der Waals surface area contributed by atoms with Gasteiger partial charge in [-0.1, -0.05) is 52.4 Å². The Morgan fingerprint density at radius 2 is 1.84 bits per heavy atom. The molecule has 0 aliphatic heterocycles. The summed E-state index contributed by atoms with van der Waals surface area (Å²) in [6, 6.07) is 2.70. The average molecular weight is 265 g/mol. The van der Waals surface area contributed by atoms with Crippen molar-refractivity contribution < 1.29 is 4.42 Å². The van der Waals surface area contributed by atoms with Gasteiger partial charge >= 0.3 is 0 Å². The van der Waals surface area contributed by atoms with Crippen LogP contribution in [0.5, 0.6) is 0 Å². The van der Waals surface area contributed by atoms with Crippen molar-refractivity contribution in [1.29, 1.82) is 0 Å². The van der Waals surface area contributed by atoms with Crippen LogP contribution in [0.2, 0.25) is 0 Å². The molecular weight excluding hydrogens is 234 g/mol. The maximum atomic E-state index is 5.16. The second-order valence-corrected chi connectivity index (χ2v) is 5.54.